The second kappa shape index (κ2) is 8.58. The van der Waals surface area contributed by atoms with E-state index in [9.17, 15) is 13.2 Å². The summed E-state index contributed by atoms with van der Waals surface area (Å²) in [5, 5.41) is 3.60. The molecule has 1 amide bonds. The number of carbonyl (C=O) groups is 1. The van der Waals surface area contributed by atoms with Crippen LogP contribution in [-0.4, -0.2) is 28.0 Å². The first-order valence-electron chi connectivity index (χ1n) is 8.68. The highest BCUT2D eigenvalue weighted by Gasteiger charge is 2.30. The number of hydrogen-bond acceptors (Lipinski definition) is 5. The van der Waals surface area contributed by atoms with E-state index in [1.165, 1.54) is 11.3 Å². The third kappa shape index (κ3) is 4.43. The summed E-state index contributed by atoms with van der Waals surface area (Å²) in [6, 6.07) is 17.3. The Kier molecular flexibility index (Phi) is 6.16. The molecule has 1 atom stereocenters. The minimum Gasteiger partial charge on any atom is -0.497 e. The molecule has 0 bridgehead atoms. The average molecular weight is 416 g/mol. The molecule has 1 heterocycles. The number of methoxy groups -OCH3 is 1. The highest BCUT2D eigenvalue weighted by molar-refractivity contribution is 7.93. The largest absolute Gasteiger partial charge is 0.497 e. The molecule has 0 aliphatic heterocycles. The highest BCUT2D eigenvalue weighted by atomic mass is 32.2. The lowest BCUT2D eigenvalue weighted by atomic mass is 10.1. The molecule has 0 saturated carbocycles. The van der Waals surface area contributed by atoms with Crippen LogP contribution >= 0.6 is 11.3 Å². The first-order chi connectivity index (χ1) is 13.4. The Morgan fingerprint density at radius 2 is 1.75 bits per heavy atom. The number of aryl methyl sites for hydroxylation is 1. The smallest absolute Gasteiger partial charge is 0.251 e. The lowest BCUT2D eigenvalue weighted by molar-refractivity contribution is 0.0953. The maximum Gasteiger partial charge on any atom is 0.251 e. The maximum absolute atomic E-state index is 13.2. The Bertz CT molecular complexity index is 1030. The molecule has 0 radical (unpaired) electrons. The van der Waals surface area contributed by atoms with Gasteiger partial charge in [0.1, 0.15) is 15.2 Å². The number of sulfone groups is 1. The number of rotatable bonds is 7. The van der Waals surface area contributed by atoms with Gasteiger partial charge in [0.2, 0.25) is 0 Å². The van der Waals surface area contributed by atoms with E-state index >= 15 is 0 Å². The molecule has 28 heavy (non-hydrogen) atoms. The van der Waals surface area contributed by atoms with Gasteiger partial charge in [-0.15, -0.1) is 11.3 Å². The van der Waals surface area contributed by atoms with E-state index in [0.717, 1.165) is 5.56 Å². The van der Waals surface area contributed by atoms with Crippen LogP contribution in [-0.2, 0) is 9.84 Å². The SMILES string of the molecule is COc1ccc([C@@H](CNC(=O)c2ccc(C)cc2)S(=O)(=O)c2cccs2)cc1. The van der Waals surface area contributed by atoms with E-state index in [1.54, 1.807) is 61.0 Å². The minimum absolute atomic E-state index is 0.0285. The summed E-state index contributed by atoms with van der Waals surface area (Å²) in [7, 11) is -2.10. The van der Waals surface area contributed by atoms with Crippen molar-refractivity contribution < 1.29 is 17.9 Å². The van der Waals surface area contributed by atoms with Gasteiger partial charge in [-0.1, -0.05) is 35.9 Å². The lowest BCUT2D eigenvalue weighted by Gasteiger charge is -2.18. The van der Waals surface area contributed by atoms with Crippen molar-refractivity contribution in [2.24, 2.45) is 0 Å². The van der Waals surface area contributed by atoms with Crippen LogP contribution in [0.3, 0.4) is 0 Å². The van der Waals surface area contributed by atoms with Crippen LogP contribution in [0.4, 0.5) is 0 Å². The van der Waals surface area contributed by atoms with Gasteiger partial charge in [-0.25, -0.2) is 8.42 Å². The summed E-state index contributed by atoms with van der Waals surface area (Å²) in [5.74, 6) is 0.333. The topological polar surface area (TPSA) is 72.5 Å². The van der Waals surface area contributed by atoms with Crippen molar-refractivity contribution in [3.8, 4) is 5.75 Å². The monoisotopic (exact) mass is 415 g/mol. The number of ether oxygens (including phenoxy) is 1. The number of carbonyl (C=O) groups excluding carboxylic acids is 1. The first-order valence-corrected chi connectivity index (χ1v) is 11.1. The van der Waals surface area contributed by atoms with Gasteiger partial charge in [-0.05, 0) is 48.2 Å². The molecule has 7 heteroatoms. The molecule has 0 aliphatic rings. The third-order valence-corrected chi connectivity index (χ3v) is 7.93. The molecule has 2 aromatic carbocycles. The van der Waals surface area contributed by atoms with E-state index in [2.05, 4.69) is 5.32 Å². The molecule has 0 saturated heterocycles. The molecule has 3 aromatic rings. The zero-order valence-electron chi connectivity index (χ0n) is 15.6. The Balaban J connectivity index is 1.87. The molecular weight excluding hydrogens is 394 g/mol. The minimum atomic E-state index is -3.65. The van der Waals surface area contributed by atoms with Crippen LogP contribution in [0.1, 0.15) is 26.7 Å². The molecular formula is C21H21NO4S2. The standard InChI is InChI=1S/C21H21NO4S2/c1-15-5-7-17(8-6-15)21(23)22-14-19(16-9-11-18(26-2)12-10-16)28(24,25)20-4-3-13-27-20/h3-13,19H,14H2,1-2H3,(H,22,23)/t19-/m1/s1. The van der Waals surface area contributed by atoms with Crippen molar-refractivity contribution in [2.45, 2.75) is 16.4 Å². The Labute approximate surface area is 168 Å². The summed E-state index contributed by atoms with van der Waals surface area (Å²) >= 11 is 1.17. The Hall–Kier alpha value is -2.64. The maximum atomic E-state index is 13.2. The average Bonchev–Trinajstić information content (AvgIpc) is 3.24. The van der Waals surface area contributed by atoms with E-state index < -0.39 is 15.1 Å². The summed E-state index contributed by atoms with van der Waals surface area (Å²) < 4.78 is 31.8. The van der Waals surface area contributed by atoms with Gasteiger partial charge in [-0.2, -0.15) is 0 Å². The molecule has 0 aliphatic carbocycles. The van der Waals surface area contributed by atoms with Crippen molar-refractivity contribution in [3.63, 3.8) is 0 Å². The van der Waals surface area contributed by atoms with Crippen molar-refractivity contribution in [1.82, 2.24) is 5.32 Å². The normalized spacial score (nSPS) is 12.4. The van der Waals surface area contributed by atoms with E-state index in [1.807, 2.05) is 19.1 Å². The molecule has 1 N–H and O–H groups in total. The van der Waals surface area contributed by atoms with Gasteiger partial charge in [-0.3, -0.25) is 4.79 Å². The predicted molar refractivity (Wildman–Crippen MR) is 111 cm³/mol. The number of benzene rings is 2. The van der Waals surface area contributed by atoms with Crippen LogP contribution in [0, 0.1) is 6.92 Å². The number of thiophene rings is 1. The summed E-state index contributed by atoms with van der Waals surface area (Å²) in [5.41, 5.74) is 2.14. The van der Waals surface area contributed by atoms with Gasteiger partial charge in [0.05, 0.1) is 7.11 Å². The molecule has 3 rings (SSSR count). The Morgan fingerprint density at radius 3 is 2.32 bits per heavy atom. The summed E-state index contributed by atoms with van der Waals surface area (Å²) in [4.78, 5) is 12.5. The molecule has 0 fully saturated rings. The highest BCUT2D eigenvalue weighted by Crippen LogP contribution is 2.32. The van der Waals surface area contributed by atoms with Gasteiger partial charge in [0.15, 0.2) is 9.84 Å². The van der Waals surface area contributed by atoms with Crippen molar-refractivity contribution in [3.05, 3.63) is 82.7 Å². The van der Waals surface area contributed by atoms with Crippen LogP contribution in [0.25, 0.3) is 0 Å². The van der Waals surface area contributed by atoms with Gasteiger partial charge in [0.25, 0.3) is 5.91 Å². The second-order valence-corrected chi connectivity index (χ2v) is 9.62. The van der Waals surface area contributed by atoms with Crippen molar-refractivity contribution in [2.75, 3.05) is 13.7 Å². The molecule has 0 spiro atoms. The number of amides is 1. The Morgan fingerprint density at radius 1 is 1.07 bits per heavy atom. The van der Waals surface area contributed by atoms with E-state index in [0.29, 0.717) is 16.9 Å². The number of hydrogen-bond donors (Lipinski definition) is 1. The van der Waals surface area contributed by atoms with Crippen LogP contribution in [0.2, 0.25) is 0 Å². The van der Waals surface area contributed by atoms with Crippen LogP contribution in [0.15, 0.2) is 70.3 Å². The van der Waals surface area contributed by atoms with E-state index in [-0.39, 0.29) is 16.7 Å². The van der Waals surface area contributed by atoms with Crippen molar-refractivity contribution >= 4 is 27.1 Å². The quantitative estimate of drug-likeness (QED) is 0.633. The molecule has 5 nitrogen and oxygen atoms in total. The fraction of sp³-hybridized carbons (Fsp3) is 0.190. The zero-order chi connectivity index (χ0) is 20.1. The van der Waals surface area contributed by atoms with Crippen molar-refractivity contribution in [1.29, 1.82) is 0 Å². The molecule has 146 valence electrons. The lowest BCUT2D eigenvalue weighted by Crippen LogP contribution is -2.31. The second-order valence-electron chi connectivity index (χ2n) is 6.31. The van der Waals surface area contributed by atoms with Gasteiger partial charge >= 0.3 is 0 Å². The first kappa shape index (κ1) is 20.1. The molecule has 0 unspecified atom stereocenters. The fourth-order valence-electron chi connectivity index (χ4n) is 2.78. The van der Waals surface area contributed by atoms with Crippen LogP contribution < -0.4 is 10.1 Å². The number of nitrogens with one attached hydrogen (secondary N) is 1. The van der Waals surface area contributed by atoms with E-state index in [4.69, 9.17) is 4.74 Å². The van der Waals surface area contributed by atoms with Gasteiger partial charge in [0, 0.05) is 12.1 Å². The third-order valence-electron chi connectivity index (χ3n) is 4.40. The summed E-state index contributed by atoms with van der Waals surface area (Å²) in [6.45, 7) is 1.91. The predicted octanol–water partition coefficient (Wildman–Crippen LogP) is 4.01. The molecule has 1 aromatic heterocycles. The van der Waals surface area contributed by atoms with Crippen LogP contribution in [0.5, 0.6) is 5.75 Å². The zero-order valence-corrected chi connectivity index (χ0v) is 17.2. The fourth-order valence-corrected chi connectivity index (χ4v) is 5.65. The van der Waals surface area contributed by atoms with Gasteiger partial charge < -0.3 is 10.1 Å². The summed E-state index contributed by atoms with van der Waals surface area (Å²) in [6.07, 6.45) is 0.